The van der Waals surface area contributed by atoms with E-state index in [2.05, 4.69) is 12.1 Å². The Morgan fingerprint density at radius 3 is 2.81 bits per heavy atom. The van der Waals surface area contributed by atoms with Crippen LogP contribution in [0.15, 0.2) is 18.2 Å². The first-order valence-corrected chi connectivity index (χ1v) is 5.85. The maximum Gasteiger partial charge on any atom is 0.136 e. The maximum absolute atomic E-state index is 9.15. The van der Waals surface area contributed by atoms with Crippen molar-refractivity contribution in [1.29, 1.82) is 0 Å². The fourth-order valence-electron chi connectivity index (χ4n) is 2.11. The largest absolute Gasteiger partial charge is 0.486 e. The van der Waals surface area contributed by atoms with E-state index in [1.807, 2.05) is 13.0 Å². The number of aliphatic hydroxyl groups is 1. The van der Waals surface area contributed by atoms with Crippen LogP contribution in [0.3, 0.4) is 0 Å². The van der Waals surface area contributed by atoms with Gasteiger partial charge in [0.25, 0.3) is 0 Å². The highest BCUT2D eigenvalue weighted by Crippen LogP contribution is 2.26. The number of hydrogen-bond donors (Lipinski definition) is 2. The van der Waals surface area contributed by atoms with Crippen LogP contribution in [0.2, 0.25) is 0 Å². The number of hydrogen-bond acceptors (Lipinski definition) is 3. The highest BCUT2D eigenvalue weighted by Gasteiger charge is 2.16. The lowest BCUT2D eigenvalue weighted by Crippen LogP contribution is -2.39. The van der Waals surface area contributed by atoms with Crippen LogP contribution in [0.4, 0.5) is 0 Å². The van der Waals surface area contributed by atoms with E-state index in [-0.39, 0.29) is 18.8 Å². The van der Waals surface area contributed by atoms with Gasteiger partial charge in [-0.3, -0.25) is 0 Å². The van der Waals surface area contributed by atoms with Gasteiger partial charge < -0.3 is 15.6 Å². The summed E-state index contributed by atoms with van der Waals surface area (Å²) in [5.74, 6) is 0.817. The normalized spacial score (nSPS) is 17.9. The van der Waals surface area contributed by atoms with E-state index in [1.165, 1.54) is 24.0 Å². The topological polar surface area (TPSA) is 55.5 Å². The summed E-state index contributed by atoms with van der Waals surface area (Å²) in [7, 11) is 0. The van der Waals surface area contributed by atoms with Gasteiger partial charge in [-0.05, 0) is 49.4 Å². The van der Waals surface area contributed by atoms with E-state index in [0.29, 0.717) is 0 Å². The Morgan fingerprint density at radius 1 is 1.38 bits per heavy atom. The van der Waals surface area contributed by atoms with E-state index in [4.69, 9.17) is 15.6 Å². The van der Waals surface area contributed by atoms with Gasteiger partial charge in [-0.2, -0.15) is 0 Å². The van der Waals surface area contributed by atoms with Gasteiger partial charge in [-0.25, -0.2) is 0 Å². The van der Waals surface area contributed by atoms with E-state index < -0.39 is 0 Å². The first-order chi connectivity index (χ1) is 7.70. The molecule has 0 bridgehead atoms. The van der Waals surface area contributed by atoms with Gasteiger partial charge in [-0.1, -0.05) is 6.07 Å². The van der Waals surface area contributed by atoms with Crippen LogP contribution < -0.4 is 10.5 Å². The molecule has 1 aliphatic carbocycles. The number of benzene rings is 1. The molecule has 3 N–H and O–H groups in total. The van der Waals surface area contributed by atoms with Crippen LogP contribution in [-0.2, 0) is 12.8 Å². The van der Waals surface area contributed by atoms with Crippen LogP contribution in [0.25, 0.3) is 0 Å². The molecule has 1 aromatic carbocycles. The van der Waals surface area contributed by atoms with Gasteiger partial charge in [0.2, 0.25) is 0 Å². The lowest BCUT2D eigenvalue weighted by molar-refractivity contribution is 0.0990. The van der Waals surface area contributed by atoms with Gasteiger partial charge in [0, 0.05) is 6.04 Å². The van der Waals surface area contributed by atoms with Crippen LogP contribution in [-0.4, -0.2) is 23.9 Å². The molecule has 1 aromatic rings. The molecule has 0 radical (unpaired) electrons. The smallest absolute Gasteiger partial charge is 0.136 e. The minimum absolute atomic E-state index is 0.0469. The number of rotatable bonds is 4. The Labute approximate surface area is 96.2 Å². The first kappa shape index (κ1) is 11.4. The summed E-state index contributed by atoms with van der Waals surface area (Å²) < 4.78 is 5.68. The van der Waals surface area contributed by atoms with Crippen molar-refractivity contribution in [3.63, 3.8) is 0 Å². The van der Waals surface area contributed by atoms with Crippen LogP contribution in [0, 0.1) is 0 Å². The Bertz CT molecular complexity index is 363. The molecule has 0 amide bonds. The molecule has 3 nitrogen and oxygen atoms in total. The van der Waals surface area contributed by atoms with Gasteiger partial charge in [0.15, 0.2) is 0 Å². The quantitative estimate of drug-likeness (QED) is 0.805. The molecule has 0 saturated carbocycles. The summed E-state index contributed by atoms with van der Waals surface area (Å²) in [4.78, 5) is 0. The standard InChI is InChI=1S/C13H19NO2/c1-9(14)13(8-15)16-12-6-5-10-3-2-4-11(10)7-12/h5-7,9,13,15H,2-4,8,14H2,1H3. The molecular formula is C13H19NO2. The molecule has 2 unspecified atom stereocenters. The van der Waals surface area contributed by atoms with Crippen molar-refractivity contribution in [3.05, 3.63) is 29.3 Å². The summed E-state index contributed by atoms with van der Waals surface area (Å²) in [5.41, 5.74) is 8.52. The number of nitrogens with two attached hydrogens (primary N) is 1. The minimum atomic E-state index is -0.320. The fraction of sp³-hybridized carbons (Fsp3) is 0.538. The highest BCUT2D eigenvalue weighted by molar-refractivity contribution is 5.38. The summed E-state index contributed by atoms with van der Waals surface area (Å²) in [6.07, 6.45) is 3.22. The van der Waals surface area contributed by atoms with Crippen molar-refractivity contribution in [2.75, 3.05) is 6.61 Å². The van der Waals surface area contributed by atoms with Crippen LogP contribution in [0.1, 0.15) is 24.5 Å². The summed E-state index contributed by atoms with van der Waals surface area (Å²) in [6.45, 7) is 1.79. The molecule has 16 heavy (non-hydrogen) atoms. The average molecular weight is 221 g/mol. The Balaban J connectivity index is 2.10. The number of aliphatic hydroxyl groups excluding tert-OH is 1. The number of aryl methyl sites for hydroxylation is 2. The first-order valence-electron chi connectivity index (χ1n) is 5.85. The second-order valence-corrected chi connectivity index (χ2v) is 4.48. The molecule has 0 fully saturated rings. The summed E-state index contributed by atoms with van der Waals surface area (Å²) in [6, 6.07) is 5.99. The molecule has 1 aliphatic rings. The van der Waals surface area contributed by atoms with E-state index in [0.717, 1.165) is 12.2 Å². The molecule has 2 atom stereocenters. The summed E-state index contributed by atoms with van der Waals surface area (Å²) in [5, 5.41) is 9.15. The van der Waals surface area contributed by atoms with E-state index in [9.17, 15) is 0 Å². The van der Waals surface area contributed by atoms with Crippen molar-refractivity contribution in [3.8, 4) is 5.75 Å². The zero-order valence-corrected chi connectivity index (χ0v) is 9.65. The molecule has 0 heterocycles. The van der Waals surface area contributed by atoms with Gasteiger partial charge in [0.1, 0.15) is 11.9 Å². The van der Waals surface area contributed by atoms with Crippen molar-refractivity contribution in [2.45, 2.75) is 38.3 Å². The lowest BCUT2D eigenvalue weighted by Gasteiger charge is -2.20. The van der Waals surface area contributed by atoms with Gasteiger partial charge in [0.05, 0.1) is 6.61 Å². The molecular weight excluding hydrogens is 202 g/mol. The predicted molar refractivity (Wildman–Crippen MR) is 63.6 cm³/mol. The average Bonchev–Trinajstić information content (AvgIpc) is 2.72. The molecule has 88 valence electrons. The minimum Gasteiger partial charge on any atom is -0.486 e. The van der Waals surface area contributed by atoms with Gasteiger partial charge >= 0.3 is 0 Å². The third-order valence-corrected chi connectivity index (χ3v) is 3.12. The Morgan fingerprint density at radius 2 is 2.12 bits per heavy atom. The Kier molecular flexibility index (Phi) is 3.46. The zero-order valence-electron chi connectivity index (χ0n) is 9.65. The van der Waals surface area contributed by atoms with Crippen LogP contribution in [0.5, 0.6) is 5.75 Å². The van der Waals surface area contributed by atoms with Crippen molar-refractivity contribution in [2.24, 2.45) is 5.73 Å². The monoisotopic (exact) mass is 221 g/mol. The summed E-state index contributed by atoms with van der Waals surface area (Å²) >= 11 is 0. The maximum atomic E-state index is 9.15. The molecule has 0 aliphatic heterocycles. The lowest BCUT2D eigenvalue weighted by atomic mass is 10.1. The van der Waals surface area contributed by atoms with Crippen molar-refractivity contribution >= 4 is 0 Å². The third kappa shape index (κ3) is 2.36. The molecule has 2 rings (SSSR count). The SMILES string of the molecule is CC(N)C(CO)Oc1ccc2c(c1)CCC2. The number of ether oxygens (including phenoxy) is 1. The third-order valence-electron chi connectivity index (χ3n) is 3.12. The predicted octanol–water partition coefficient (Wildman–Crippen LogP) is 1.26. The second kappa shape index (κ2) is 4.85. The van der Waals surface area contributed by atoms with E-state index >= 15 is 0 Å². The van der Waals surface area contributed by atoms with Crippen molar-refractivity contribution in [1.82, 2.24) is 0 Å². The molecule has 0 aromatic heterocycles. The Hall–Kier alpha value is -1.06. The fourth-order valence-corrected chi connectivity index (χ4v) is 2.11. The number of fused-ring (bicyclic) bond motifs is 1. The molecule has 0 saturated heterocycles. The highest BCUT2D eigenvalue weighted by atomic mass is 16.5. The van der Waals surface area contributed by atoms with Gasteiger partial charge in [-0.15, -0.1) is 0 Å². The van der Waals surface area contributed by atoms with Crippen molar-refractivity contribution < 1.29 is 9.84 Å². The molecule has 0 spiro atoms. The van der Waals surface area contributed by atoms with E-state index in [1.54, 1.807) is 0 Å². The second-order valence-electron chi connectivity index (χ2n) is 4.48. The molecule has 3 heteroatoms. The zero-order chi connectivity index (χ0) is 11.5. The van der Waals surface area contributed by atoms with Crippen LogP contribution >= 0.6 is 0 Å².